The van der Waals surface area contributed by atoms with Gasteiger partial charge in [0.2, 0.25) is 0 Å². The molecule has 0 heterocycles. The summed E-state index contributed by atoms with van der Waals surface area (Å²) in [5.41, 5.74) is 0.551. The Kier molecular flexibility index (Phi) is 3.23. The Labute approximate surface area is 86.8 Å². The van der Waals surface area contributed by atoms with Gasteiger partial charge in [0.05, 0.1) is 0 Å². The zero-order valence-electron chi connectivity index (χ0n) is 8.19. The van der Waals surface area contributed by atoms with Gasteiger partial charge in [-0.15, -0.1) is 0 Å². The van der Waals surface area contributed by atoms with Crippen molar-refractivity contribution >= 4 is 11.9 Å². The van der Waals surface area contributed by atoms with Gasteiger partial charge in [-0.1, -0.05) is 18.7 Å². The second-order valence-electron chi connectivity index (χ2n) is 2.88. The molecule has 15 heavy (non-hydrogen) atoms. The third kappa shape index (κ3) is 2.43. The molecule has 0 aliphatic carbocycles. The lowest BCUT2D eigenvalue weighted by Crippen LogP contribution is -2.09. The van der Waals surface area contributed by atoms with Crippen LogP contribution < -0.4 is 4.74 Å². The first kappa shape index (κ1) is 11.0. The van der Waals surface area contributed by atoms with Crippen molar-refractivity contribution in [2.45, 2.75) is 6.92 Å². The summed E-state index contributed by atoms with van der Waals surface area (Å²) < 4.78 is 4.85. The molecule has 0 aliphatic rings. The molecule has 4 heteroatoms. The van der Waals surface area contributed by atoms with Crippen molar-refractivity contribution in [3.8, 4) is 5.75 Å². The van der Waals surface area contributed by atoms with Crippen LogP contribution in [-0.4, -0.2) is 17.0 Å². The maximum absolute atomic E-state index is 11.0. The van der Waals surface area contributed by atoms with Crippen LogP contribution in [0.25, 0.3) is 0 Å². The third-order valence-corrected chi connectivity index (χ3v) is 1.81. The number of carboxylic acids is 1. The van der Waals surface area contributed by atoms with Crippen LogP contribution in [0.4, 0.5) is 0 Å². The smallest absolute Gasteiger partial charge is 0.339 e. The van der Waals surface area contributed by atoms with E-state index in [4.69, 9.17) is 9.84 Å². The predicted molar refractivity (Wildman–Crippen MR) is 54.0 cm³/mol. The minimum Gasteiger partial charge on any atom is -0.478 e. The number of aryl methyl sites for hydroxylation is 1. The average Bonchev–Trinajstić information content (AvgIpc) is 2.20. The molecule has 1 aromatic carbocycles. The van der Waals surface area contributed by atoms with Gasteiger partial charge in [0.1, 0.15) is 11.3 Å². The van der Waals surface area contributed by atoms with E-state index in [9.17, 15) is 9.59 Å². The van der Waals surface area contributed by atoms with E-state index in [1.165, 1.54) is 6.07 Å². The standard InChI is InChI=1S/C11H10O4/c1-3-9(12)15-10-7(2)5-4-6-8(10)11(13)14/h3-6H,1H2,2H3,(H,13,14). The lowest BCUT2D eigenvalue weighted by molar-refractivity contribution is -0.129. The highest BCUT2D eigenvalue weighted by atomic mass is 16.5. The van der Waals surface area contributed by atoms with Crippen LogP contribution in [0.3, 0.4) is 0 Å². The summed E-state index contributed by atoms with van der Waals surface area (Å²) in [4.78, 5) is 21.8. The molecular formula is C11H10O4. The first-order valence-electron chi connectivity index (χ1n) is 4.23. The van der Waals surface area contributed by atoms with Crippen LogP contribution >= 0.6 is 0 Å². The molecule has 1 aromatic rings. The molecule has 0 unspecified atom stereocenters. The first-order valence-corrected chi connectivity index (χ1v) is 4.23. The van der Waals surface area contributed by atoms with Crippen molar-refractivity contribution in [1.29, 1.82) is 0 Å². The van der Waals surface area contributed by atoms with Gasteiger partial charge in [-0.3, -0.25) is 0 Å². The second kappa shape index (κ2) is 4.41. The molecule has 0 saturated heterocycles. The Morgan fingerprint density at radius 1 is 1.47 bits per heavy atom. The summed E-state index contributed by atoms with van der Waals surface area (Å²) in [7, 11) is 0. The van der Waals surface area contributed by atoms with Gasteiger partial charge in [0.25, 0.3) is 0 Å². The van der Waals surface area contributed by atoms with Gasteiger partial charge in [0.15, 0.2) is 0 Å². The van der Waals surface area contributed by atoms with Crippen molar-refractivity contribution in [3.05, 3.63) is 42.0 Å². The highest BCUT2D eigenvalue weighted by molar-refractivity contribution is 5.93. The Hall–Kier alpha value is -2.10. The third-order valence-electron chi connectivity index (χ3n) is 1.81. The number of benzene rings is 1. The molecule has 1 N–H and O–H groups in total. The fourth-order valence-corrected chi connectivity index (χ4v) is 1.10. The van der Waals surface area contributed by atoms with E-state index >= 15 is 0 Å². The van der Waals surface area contributed by atoms with E-state index in [0.717, 1.165) is 6.08 Å². The van der Waals surface area contributed by atoms with Gasteiger partial charge < -0.3 is 9.84 Å². The molecule has 0 atom stereocenters. The summed E-state index contributed by atoms with van der Waals surface area (Å²) >= 11 is 0. The van der Waals surface area contributed by atoms with Crippen LogP contribution in [0.5, 0.6) is 5.75 Å². The maximum atomic E-state index is 11.0. The molecule has 4 nitrogen and oxygen atoms in total. The van der Waals surface area contributed by atoms with Crippen LogP contribution in [0.1, 0.15) is 15.9 Å². The maximum Gasteiger partial charge on any atom is 0.339 e. The van der Waals surface area contributed by atoms with Gasteiger partial charge in [-0.2, -0.15) is 0 Å². The summed E-state index contributed by atoms with van der Waals surface area (Å²) in [5, 5.41) is 8.86. The highest BCUT2D eigenvalue weighted by Crippen LogP contribution is 2.23. The molecule has 0 amide bonds. The number of para-hydroxylation sites is 1. The number of aromatic carboxylic acids is 1. The molecule has 0 spiro atoms. The quantitative estimate of drug-likeness (QED) is 0.465. The normalized spacial score (nSPS) is 9.40. The molecule has 0 aromatic heterocycles. The highest BCUT2D eigenvalue weighted by Gasteiger charge is 2.15. The van der Waals surface area contributed by atoms with Crippen molar-refractivity contribution in [1.82, 2.24) is 0 Å². The molecule has 78 valence electrons. The van der Waals surface area contributed by atoms with Crippen LogP contribution in [0.15, 0.2) is 30.9 Å². The number of rotatable bonds is 3. The number of ether oxygens (including phenoxy) is 1. The number of hydrogen-bond donors (Lipinski definition) is 1. The Balaban J connectivity index is 3.18. The van der Waals surface area contributed by atoms with E-state index in [1.807, 2.05) is 0 Å². The number of esters is 1. The van der Waals surface area contributed by atoms with Gasteiger partial charge in [0, 0.05) is 6.08 Å². The predicted octanol–water partition coefficient (Wildman–Crippen LogP) is 1.78. The molecule has 0 saturated carbocycles. The lowest BCUT2D eigenvalue weighted by atomic mass is 10.1. The Morgan fingerprint density at radius 3 is 2.67 bits per heavy atom. The summed E-state index contributed by atoms with van der Waals surface area (Å²) in [6, 6.07) is 4.63. The van der Waals surface area contributed by atoms with E-state index in [0.29, 0.717) is 5.56 Å². The summed E-state index contributed by atoms with van der Waals surface area (Å²) in [6.45, 7) is 4.90. The average molecular weight is 206 g/mol. The molecular weight excluding hydrogens is 196 g/mol. The van der Waals surface area contributed by atoms with E-state index in [1.54, 1.807) is 19.1 Å². The SMILES string of the molecule is C=CC(=O)Oc1c(C)cccc1C(=O)O. The van der Waals surface area contributed by atoms with Gasteiger partial charge >= 0.3 is 11.9 Å². The molecule has 0 radical (unpaired) electrons. The van der Waals surface area contributed by atoms with E-state index in [2.05, 4.69) is 6.58 Å². The molecule has 1 rings (SSSR count). The number of hydrogen-bond acceptors (Lipinski definition) is 3. The fourth-order valence-electron chi connectivity index (χ4n) is 1.10. The van der Waals surface area contributed by atoms with Crippen molar-refractivity contribution < 1.29 is 19.4 Å². The molecule has 0 bridgehead atoms. The second-order valence-corrected chi connectivity index (χ2v) is 2.88. The van der Waals surface area contributed by atoms with Crippen molar-refractivity contribution in [2.75, 3.05) is 0 Å². The molecule has 0 fully saturated rings. The van der Waals surface area contributed by atoms with Crippen LogP contribution in [0.2, 0.25) is 0 Å². The van der Waals surface area contributed by atoms with Crippen molar-refractivity contribution in [3.63, 3.8) is 0 Å². The number of carbonyl (C=O) groups is 2. The zero-order valence-corrected chi connectivity index (χ0v) is 8.19. The summed E-state index contributed by atoms with van der Waals surface area (Å²) in [5.74, 6) is -1.74. The molecule has 0 aliphatic heterocycles. The van der Waals surface area contributed by atoms with E-state index < -0.39 is 11.9 Å². The zero-order chi connectivity index (χ0) is 11.4. The van der Waals surface area contributed by atoms with Crippen LogP contribution in [-0.2, 0) is 4.79 Å². The van der Waals surface area contributed by atoms with Crippen molar-refractivity contribution in [2.24, 2.45) is 0 Å². The van der Waals surface area contributed by atoms with Gasteiger partial charge in [-0.05, 0) is 18.6 Å². The Morgan fingerprint density at radius 2 is 2.13 bits per heavy atom. The minimum atomic E-state index is -1.13. The fraction of sp³-hybridized carbons (Fsp3) is 0.0909. The Bertz CT molecular complexity index is 421. The topological polar surface area (TPSA) is 63.6 Å². The van der Waals surface area contributed by atoms with Crippen LogP contribution in [0, 0.1) is 6.92 Å². The number of carboxylic acid groups (broad SMARTS) is 1. The van der Waals surface area contributed by atoms with Gasteiger partial charge in [-0.25, -0.2) is 9.59 Å². The summed E-state index contributed by atoms with van der Waals surface area (Å²) in [6.07, 6.45) is 0.984. The largest absolute Gasteiger partial charge is 0.478 e. The lowest BCUT2D eigenvalue weighted by Gasteiger charge is -2.08. The van der Waals surface area contributed by atoms with E-state index in [-0.39, 0.29) is 11.3 Å². The monoisotopic (exact) mass is 206 g/mol. The first-order chi connectivity index (χ1) is 7.06. The number of carbonyl (C=O) groups excluding carboxylic acids is 1. The minimum absolute atomic E-state index is 0.0369.